The highest BCUT2D eigenvalue weighted by molar-refractivity contribution is 6.29. The van der Waals surface area contributed by atoms with Gasteiger partial charge in [-0.1, -0.05) is 31.2 Å². The molecule has 0 aromatic rings. The third kappa shape index (κ3) is 3.60. The van der Waals surface area contributed by atoms with Crippen molar-refractivity contribution in [3.8, 4) is 0 Å². The Balaban J connectivity index is 3.49. The molecule has 0 aliphatic heterocycles. The lowest BCUT2D eigenvalue weighted by atomic mass is 10.4. The van der Waals surface area contributed by atoms with Gasteiger partial charge in [-0.2, -0.15) is 0 Å². The predicted octanol–water partition coefficient (Wildman–Crippen LogP) is 2.71. The zero-order valence-corrected chi connectivity index (χ0v) is 5.20. The molecule has 0 bridgehead atoms. The normalized spacial score (nSPS) is 11.4. The molecule has 0 aliphatic rings. The van der Waals surface area contributed by atoms with Crippen LogP contribution in [-0.4, -0.2) is 0 Å². The number of allylic oxidation sites excluding steroid dienone is 3. The van der Waals surface area contributed by atoms with Gasteiger partial charge in [-0.15, -0.1) is 0 Å². The molecule has 1 heteroatoms. The summed E-state index contributed by atoms with van der Waals surface area (Å²) in [7, 11) is 0. The molecular formula is C6H9Cl. The van der Waals surface area contributed by atoms with E-state index in [2.05, 4.69) is 6.58 Å². The zero-order chi connectivity index (χ0) is 5.70. The maximum atomic E-state index is 5.56. The third-order valence-corrected chi connectivity index (χ3v) is 1.03. The minimum atomic E-state index is 0.856. The van der Waals surface area contributed by atoms with Gasteiger partial charge in [0.2, 0.25) is 0 Å². The summed E-state index contributed by atoms with van der Waals surface area (Å²) in [6.07, 6.45) is 4.38. The second-order valence-corrected chi connectivity index (χ2v) is 1.69. The molecule has 0 N–H and O–H groups in total. The van der Waals surface area contributed by atoms with Crippen LogP contribution in [0, 0.1) is 0 Å². The van der Waals surface area contributed by atoms with Crippen LogP contribution in [-0.2, 0) is 0 Å². The first-order valence-corrected chi connectivity index (χ1v) is 2.66. The summed E-state index contributed by atoms with van der Waals surface area (Å²) in [5.41, 5.74) is 0. The van der Waals surface area contributed by atoms with Gasteiger partial charge in [0, 0.05) is 5.03 Å². The molecule has 0 unspecified atom stereocenters. The van der Waals surface area contributed by atoms with Crippen LogP contribution < -0.4 is 0 Å². The topological polar surface area (TPSA) is 0 Å². The van der Waals surface area contributed by atoms with Crippen LogP contribution >= 0.6 is 11.6 Å². The van der Waals surface area contributed by atoms with Crippen LogP contribution in [0.2, 0.25) is 0 Å². The average molecular weight is 117 g/mol. The molecule has 0 amide bonds. The van der Waals surface area contributed by atoms with Gasteiger partial charge in [0.1, 0.15) is 0 Å². The molecule has 0 fully saturated rings. The number of hydrogen-bond donors (Lipinski definition) is 0. The first-order valence-electron chi connectivity index (χ1n) is 2.28. The van der Waals surface area contributed by atoms with Crippen LogP contribution in [0.25, 0.3) is 0 Å². The molecule has 0 rings (SSSR count). The average Bonchev–Trinajstić information content (AvgIpc) is 1.68. The molecule has 40 valence electrons. The van der Waals surface area contributed by atoms with Gasteiger partial charge in [0.15, 0.2) is 0 Å². The van der Waals surface area contributed by atoms with Crippen molar-refractivity contribution in [1.29, 1.82) is 0 Å². The summed E-state index contributed by atoms with van der Waals surface area (Å²) in [6, 6.07) is 0. The fourth-order valence-electron chi connectivity index (χ4n) is 0.246. The smallest absolute Gasteiger partial charge is 0.0178 e. The van der Waals surface area contributed by atoms with Gasteiger partial charge in [0.25, 0.3) is 0 Å². The Labute approximate surface area is 49.5 Å². The van der Waals surface area contributed by atoms with Crippen LogP contribution in [0.15, 0.2) is 23.8 Å². The molecule has 0 aromatic carbocycles. The molecule has 0 saturated heterocycles. The number of hydrogen-bond acceptors (Lipinski definition) is 0. The SMILES string of the molecule is C=C/C=C(\Cl)CC. The van der Waals surface area contributed by atoms with Crippen LogP contribution in [0.3, 0.4) is 0 Å². The first-order chi connectivity index (χ1) is 3.31. The highest BCUT2D eigenvalue weighted by atomic mass is 35.5. The fraction of sp³-hybridized carbons (Fsp3) is 0.333. The largest absolute Gasteiger partial charge is 0.0990 e. The number of halogens is 1. The van der Waals surface area contributed by atoms with E-state index in [9.17, 15) is 0 Å². The molecule has 7 heavy (non-hydrogen) atoms. The summed E-state index contributed by atoms with van der Waals surface area (Å²) >= 11 is 5.56. The standard InChI is InChI=1S/C6H9Cl/c1-3-5-6(7)4-2/h3,5H,1,4H2,2H3/b6-5-. The van der Waals surface area contributed by atoms with Crippen molar-refractivity contribution in [2.24, 2.45) is 0 Å². The van der Waals surface area contributed by atoms with E-state index in [1.54, 1.807) is 12.2 Å². The Bertz CT molecular complexity index is 82.2. The Morgan fingerprint density at radius 2 is 2.43 bits per heavy atom. The summed E-state index contributed by atoms with van der Waals surface area (Å²) in [4.78, 5) is 0. The Morgan fingerprint density at radius 1 is 1.86 bits per heavy atom. The van der Waals surface area contributed by atoms with Crippen molar-refractivity contribution < 1.29 is 0 Å². The van der Waals surface area contributed by atoms with Crippen molar-refractivity contribution in [3.63, 3.8) is 0 Å². The molecule has 0 heterocycles. The minimum Gasteiger partial charge on any atom is -0.0990 e. The monoisotopic (exact) mass is 116 g/mol. The molecule has 0 saturated carbocycles. The van der Waals surface area contributed by atoms with E-state index in [0.717, 1.165) is 11.5 Å². The highest BCUT2D eigenvalue weighted by Crippen LogP contribution is 2.04. The van der Waals surface area contributed by atoms with E-state index in [4.69, 9.17) is 11.6 Å². The number of rotatable bonds is 2. The molecule has 0 spiro atoms. The third-order valence-electron chi connectivity index (χ3n) is 0.636. The quantitative estimate of drug-likeness (QED) is 0.487. The van der Waals surface area contributed by atoms with Crippen LogP contribution in [0.4, 0.5) is 0 Å². The van der Waals surface area contributed by atoms with E-state index in [1.807, 2.05) is 6.92 Å². The summed E-state index contributed by atoms with van der Waals surface area (Å²) < 4.78 is 0. The van der Waals surface area contributed by atoms with Gasteiger partial charge < -0.3 is 0 Å². The van der Waals surface area contributed by atoms with E-state index >= 15 is 0 Å². The maximum absolute atomic E-state index is 5.56. The van der Waals surface area contributed by atoms with E-state index in [0.29, 0.717) is 0 Å². The van der Waals surface area contributed by atoms with Crippen molar-refractivity contribution in [2.45, 2.75) is 13.3 Å². The molecule has 0 atom stereocenters. The fourth-order valence-corrected chi connectivity index (χ4v) is 0.335. The molecule has 0 aromatic heterocycles. The van der Waals surface area contributed by atoms with E-state index in [-0.39, 0.29) is 0 Å². The van der Waals surface area contributed by atoms with Crippen LogP contribution in [0.1, 0.15) is 13.3 Å². The Morgan fingerprint density at radius 3 is 2.57 bits per heavy atom. The lowest BCUT2D eigenvalue weighted by Gasteiger charge is -1.82. The summed E-state index contributed by atoms with van der Waals surface area (Å²) in [5.74, 6) is 0. The zero-order valence-electron chi connectivity index (χ0n) is 4.45. The summed E-state index contributed by atoms with van der Waals surface area (Å²) in [5, 5.41) is 0.856. The van der Waals surface area contributed by atoms with Crippen LogP contribution in [0.5, 0.6) is 0 Å². The van der Waals surface area contributed by atoms with Crippen molar-refractivity contribution in [3.05, 3.63) is 23.8 Å². The van der Waals surface area contributed by atoms with Gasteiger partial charge in [0.05, 0.1) is 0 Å². The Hall–Kier alpha value is -0.230. The van der Waals surface area contributed by atoms with Gasteiger partial charge >= 0.3 is 0 Å². The van der Waals surface area contributed by atoms with E-state index in [1.165, 1.54) is 0 Å². The summed E-state index contributed by atoms with van der Waals surface area (Å²) in [6.45, 7) is 5.49. The van der Waals surface area contributed by atoms with Crippen molar-refractivity contribution >= 4 is 11.6 Å². The van der Waals surface area contributed by atoms with Crippen molar-refractivity contribution in [2.75, 3.05) is 0 Å². The van der Waals surface area contributed by atoms with Gasteiger partial charge in [-0.3, -0.25) is 0 Å². The predicted molar refractivity (Wildman–Crippen MR) is 34.4 cm³/mol. The second kappa shape index (κ2) is 3.94. The molecule has 0 nitrogen and oxygen atoms in total. The van der Waals surface area contributed by atoms with Gasteiger partial charge in [-0.05, 0) is 12.5 Å². The highest BCUT2D eigenvalue weighted by Gasteiger charge is 1.78. The van der Waals surface area contributed by atoms with E-state index < -0.39 is 0 Å². The first kappa shape index (κ1) is 6.77. The van der Waals surface area contributed by atoms with Crippen molar-refractivity contribution in [1.82, 2.24) is 0 Å². The molecular weight excluding hydrogens is 108 g/mol. The van der Waals surface area contributed by atoms with Gasteiger partial charge in [-0.25, -0.2) is 0 Å². The molecule has 0 aliphatic carbocycles. The second-order valence-electron chi connectivity index (χ2n) is 1.20. The lowest BCUT2D eigenvalue weighted by Crippen LogP contribution is -1.60. The minimum absolute atomic E-state index is 0.856. The molecule has 0 radical (unpaired) electrons. The maximum Gasteiger partial charge on any atom is 0.0178 e. The Kier molecular flexibility index (Phi) is 3.81. The lowest BCUT2D eigenvalue weighted by molar-refractivity contribution is 1.19.